The number of nitrogens with one attached hydrogen (secondary N) is 5. The zero-order valence-electron chi connectivity index (χ0n) is 39.3. The Hall–Kier alpha value is -7.33. The molecule has 376 valence electrons. The van der Waals surface area contributed by atoms with Crippen molar-refractivity contribution in [1.82, 2.24) is 36.1 Å². The van der Waals surface area contributed by atoms with E-state index < -0.39 is 84.0 Å². The number of hydrogen-bond donors (Lipinski definition) is 10. The molecular weight excluding hydrogens is 919 g/mol. The molecule has 2 aromatic heterocycles. The van der Waals surface area contributed by atoms with Gasteiger partial charge in [-0.3, -0.25) is 43.3 Å². The number of aromatic amines is 1. The van der Waals surface area contributed by atoms with Crippen molar-refractivity contribution >= 4 is 75.5 Å². The number of amides is 8. The molecule has 70 heavy (non-hydrogen) atoms. The van der Waals surface area contributed by atoms with Crippen LogP contribution in [0.3, 0.4) is 0 Å². The van der Waals surface area contributed by atoms with Crippen molar-refractivity contribution < 1.29 is 38.4 Å². The number of carbonyl (C=O) groups excluding carboxylic acids is 8. The van der Waals surface area contributed by atoms with Crippen LogP contribution in [0.2, 0.25) is 0 Å². The highest BCUT2D eigenvalue weighted by Crippen LogP contribution is 2.23. The lowest BCUT2D eigenvalue weighted by molar-refractivity contribution is -0.143. The number of thiophene rings is 1. The number of nitrogens with zero attached hydrogens (tertiary/aromatic N) is 3. The smallest absolute Gasteiger partial charge is 0.245 e. The third-order valence-corrected chi connectivity index (χ3v) is 13.0. The maximum absolute atomic E-state index is 14.7. The fraction of sp³-hybridized carbons (Fsp3) is 0.438. The van der Waals surface area contributed by atoms with Gasteiger partial charge in [-0.15, -0.1) is 11.3 Å². The van der Waals surface area contributed by atoms with Crippen LogP contribution in [0.25, 0.3) is 10.9 Å². The maximum Gasteiger partial charge on any atom is 0.245 e. The summed E-state index contributed by atoms with van der Waals surface area (Å²) in [4.78, 5) is 120. The van der Waals surface area contributed by atoms with Gasteiger partial charge in [0, 0.05) is 55.0 Å². The van der Waals surface area contributed by atoms with Crippen LogP contribution in [-0.4, -0.2) is 131 Å². The van der Waals surface area contributed by atoms with Crippen LogP contribution >= 0.6 is 11.3 Å². The van der Waals surface area contributed by atoms with Crippen LogP contribution in [0.15, 0.2) is 83.3 Å². The predicted octanol–water partition coefficient (Wildman–Crippen LogP) is -0.442. The average Bonchev–Trinajstić information content (AvgIpc) is 4.13. The van der Waals surface area contributed by atoms with Crippen molar-refractivity contribution in [3.05, 3.63) is 94.3 Å². The maximum atomic E-state index is 14.7. The standard InChI is InChI=1S/C48H65N13O8S/c1-60(41(63)26-31-14-11-23-70-31)39(25-30-28-55-33-16-6-5-15-32(30)33)46(68)59-37(24-29-12-3-2-4-13-29)44(66)57-35(18-9-21-54-48(52)53)47(69)61-22-10-19-38(61)45(67)56-34(17-7-8-20-49)43(65)58-36(42(51)64)27-40(50)62/h2-6,11-16,23,28,34-39,55H,7-10,17-22,24-27,49H2,1H3,(H2,50,62)(H2,51,64)(H,56,67)(H,57,66)(H,58,65)(H,59,68)(H4,52,53,54)/t34-,35-,36-,37-,38-,39-/m0/s1. The van der Waals surface area contributed by atoms with Gasteiger partial charge in [0.25, 0.3) is 0 Å². The van der Waals surface area contributed by atoms with E-state index in [0.717, 1.165) is 21.3 Å². The molecule has 0 unspecified atom stereocenters. The van der Waals surface area contributed by atoms with Crippen LogP contribution < -0.4 is 49.9 Å². The first-order chi connectivity index (χ1) is 33.6. The molecular formula is C48H65N13O8S. The second-order valence-corrected chi connectivity index (χ2v) is 18.3. The fourth-order valence-electron chi connectivity index (χ4n) is 8.36. The summed E-state index contributed by atoms with van der Waals surface area (Å²) in [5.74, 6) is -5.70. The molecule has 0 aliphatic carbocycles. The molecule has 1 aliphatic rings. The summed E-state index contributed by atoms with van der Waals surface area (Å²) in [7, 11) is 1.56. The quantitative estimate of drug-likeness (QED) is 0.0207. The third-order valence-electron chi connectivity index (χ3n) is 12.1. The number of carbonyl (C=O) groups is 8. The molecule has 15 N–H and O–H groups in total. The Morgan fingerprint density at radius 3 is 2.16 bits per heavy atom. The van der Waals surface area contributed by atoms with Gasteiger partial charge in [-0.1, -0.05) is 54.6 Å². The van der Waals surface area contributed by atoms with E-state index >= 15 is 0 Å². The van der Waals surface area contributed by atoms with Crippen LogP contribution in [0.4, 0.5) is 0 Å². The molecule has 3 heterocycles. The minimum absolute atomic E-state index is 0.0123. The van der Waals surface area contributed by atoms with Gasteiger partial charge in [0.05, 0.1) is 12.8 Å². The monoisotopic (exact) mass is 983 g/mol. The number of aromatic nitrogens is 1. The van der Waals surface area contributed by atoms with E-state index in [0.29, 0.717) is 31.4 Å². The Balaban J connectivity index is 1.41. The van der Waals surface area contributed by atoms with E-state index in [2.05, 4.69) is 31.2 Å². The predicted molar refractivity (Wildman–Crippen MR) is 265 cm³/mol. The SMILES string of the molecule is CN(C(=O)Cc1cccs1)[C@@H](Cc1c[nH]c2ccccc12)C(=O)N[C@@H](Cc1ccccc1)C(=O)N[C@@H](CCCN=C(N)N)C(=O)N1CCC[C@H]1C(=O)N[C@@H](CCCCN)C(=O)N[C@@H](CC(N)=O)C(N)=O. The molecule has 6 atom stereocenters. The first-order valence-electron chi connectivity index (χ1n) is 23.3. The van der Waals surface area contributed by atoms with Crippen LogP contribution in [0.5, 0.6) is 0 Å². The second kappa shape index (κ2) is 26.4. The molecule has 0 radical (unpaired) electrons. The molecule has 1 saturated heterocycles. The zero-order chi connectivity index (χ0) is 50.7. The lowest BCUT2D eigenvalue weighted by atomic mass is 10.0. The highest BCUT2D eigenvalue weighted by molar-refractivity contribution is 7.10. The summed E-state index contributed by atoms with van der Waals surface area (Å²) in [6, 6.07) is 13.0. The Bertz CT molecular complexity index is 2460. The Morgan fingerprint density at radius 2 is 1.47 bits per heavy atom. The van der Waals surface area contributed by atoms with Gasteiger partial charge in [0.15, 0.2) is 5.96 Å². The van der Waals surface area contributed by atoms with Gasteiger partial charge >= 0.3 is 0 Å². The van der Waals surface area contributed by atoms with Crippen molar-refractivity contribution in [3.8, 4) is 0 Å². The number of nitrogens with two attached hydrogens (primary N) is 5. The number of para-hydroxylation sites is 1. The largest absolute Gasteiger partial charge is 0.370 e. The van der Waals surface area contributed by atoms with E-state index in [1.165, 1.54) is 21.1 Å². The molecule has 5 rings (SSSR count). The van der Waals surface area contributed by atoms with E-state index in [1.54, 1.807) is 37.5 Å². The number of unbranched alkanes of at least 4 members (excludes halogenated alkanes) is 1. The van der Waals surface area contributed by atoms with Crippen LogP contribution in [0, 0.1) is 0 Å². The number of likely N-dealkylation sites (N-methyl/N-ethyl adjacent to an activating group) is 1. The van der Waals surface area contributed by atoms with Gasteiger partial charge < -0.3 is 64.7 Å². The summed E-state index contributed by atoms with van der Waals surface area (Å²) in [6.07, 6.45) is 3.35. The van der Waals surface area contributed by atoms with Crippen molar-refractivity contribution in [2.75, 3.05) is 26.7 Å². The lowest BCUT2D eigenvalue weighted by Gasteiger charge is -2.32. The van der Waals surface area contributed by atoms with Gasteiger partial charge in [0.1, 0.15) is 36.3 Å². The Kier molecular flexibility index (Phi) is 20.2. The fourth-order valence-corrected chi connectivity index (χ4v) is 9.06. The van der Waals surface area contributed by atoms with E-state index in [-0.39, 0.29) is 69.9 Å². The Morgan fingerprint density at radius 1 is 0.786 bits per heavy atom. The summed E-state index contributed by atoms with van der Waals surface area (Å²) < 4.78 is 0. The number of aliphatic imine (C=N–C) groups is 1. The third kappa shape index (κ3) is 15.6. The molecule has 4 aromatic rings. The van der Waals surface area contributed by atoms with Gasteiger partial charge in [-0.2, -0.15) is 0 Å². The van der Waals surface area contributed by atoms with E-state index in [9.17, 15) is 38.4 Å². The minimum Gasteiger partial charge on any atom is -0.370 e. The number of likely N-dealkylation sites (tertiary alicyclic amines) is 1. The van der Waals surface area contributed by atoms with Gasteiger partial charge in [-0.25, -0.2) is 0 Å². The second-order valence-electron chi connectivity index (χ2n) is 17.3. The zero-order valence-corrected chi connectivity index (χ0v) is 40.1. The van der Waals surface area contributed by atoms with Crippen molar-refractivity contribution in [2.24, 2.45) is 33.7 Å². The minimum atomic E-state index is -1.42. The molecule has 21 nitrogen and oxygen atoms in total. The first kappa shape index (κ1) is 53.6. The Labute approximate surface area is 410 Å². The molecule has 1 fully saturated rings. The molecule has 8 amide bonds. The van der Waals surface area contributed by atoms with Crippen LogP contribution in [0.1, 0.15) is 67.4 Å². The summed E-state index contributed by atoms with van der Waals surface area (Å²) in [5.41, 5.74) is 29.9. The molecule has 22 heteroatoms. The summed E-state index contributed by atoms with van der Waals surface area (Å²) in [5, 5.41) is 13.7. The summed E-state index contributed by atoms with van der Waals surface area (Å²) >= 11 is 1.42. The normalized spacial score (nSPS) is 15.4. The first-order valence-corrected chi connectivity index (χ1v) is 24.2. The van der Waals surface area contributed by atoms with Crippen LogP contribution in [-0.2, 0) is 57.6 Å². The number of primary amides is 2. The number of H-pyrrole nitrogens is 1. The number of benzene rings is 2. The van der Waals surface area contributed by atoms with Crippen molar-refractivity contribution in [2.45, 2.75) is 107 Å². The van der Waals surface area contributed by atoms with Crippen molar-refractivity contribution in [3.63, 3.8) is 0 Å². The average molecular weight is 984 g/mol. The summed E-state index contributed by atoms with van der Waals surface area (Å²) in [6.45, 7) is 0.553. The molecule has 0 saturated carbocycles. The van der Waals surface area contributed by atoms with E-state index in [4.69, 9.17) is 28.7 Å². The number of hydrogen-bond acceptors (Lipinski definition) is 11. The lowest BCUT2D eigenvalue weighted by Crippen LogP contribution is -2.60. The van der Waals surface area contributed by atoms with Gasteiger partial charge in [-0.05, 0) is 80.1 Å². The topological polar surface area (TPSA) is 349 Å². The van der Waals surface area contributed by atoms with E-state index in [1.807, 2.05) is 47.8 Å². The van der Waals surface area contributed by atoms with Crippen molar-refractivity contribution in [1.29, 1.82) is 0 Å². The number of fused-ring (bicyclic) bond motifs is 1. The molecule has 2 aromatic carbocycles. The number of rotatable bonds is 27. The number of guanidine groups is 1. The molecule has 0 spiro atoms. The van der Waals surface area contributed by atoms with Gasteiger partial charge in [0.2, 0.25) is 47.3 Å². The highest BCUT2D eigenvalue weighted by atomic mass is 32.1. The molecule has 0 bridgehead atoms. The molecule has 1 aliphatic heterocycles. The highest BCUT2D eigenvalue weighted by Gasteiger charge is 2.40.